The molecule has 0 aliphatic carbocycles. The number of rotatable bonds is 4. The highest BCUT2D eigenvalue weighted by Crippen LogP contribution is 2.23. The zero-order chi connectivity index (χ0) is 13.1. The van der Waals surface area contributed by atoms with Gasteiger partial charge in [-0.1, -0.05) is 30.3 Å². The van der Waals surface area contributed by atoms with Gasteiger partial charge in [-0.2, -0.15) is 4.98 Å². The van der Waals surface area contributed by atoms with E-state index in [1.54, 1.807) is 6.20 Å². The monoisotopic (exact) mass is 255 g/mol. The molecule has 0 unspecified atom stereocenters. The highest BCUT2D eigenvalue weighted by molar-refractivity contribution is 5.82. The van der Waals surface area contributed by atoms with Crippen molar-refractivity contribution in [1.29, 1.82) is 0 Å². The van der Waals surface area contributed by atoms with Crippen molar-refractivity contribution >= 4 is 11.0 Å². The Morgan fingerprint density at radius 3 is 2.79 bits per heavy atom. The van der Waals surface area contributed by atoms with Gasteiger partial charge in [-0.05, 0) is 5.56 Å². The molecule has 19 heavy (non-hydrogen) atoms. The summed E-state index contributed by atoms with van der Waals surface area (Å²) in [5.74, 6) is 0.494. The smallest absolute Gasteiger partial charge is 0.241 e. The molecule has 2 aromatic heterocycles. The van der Waals surface area contributed by atoms with E-state index < -0.39 is 0 Å². The van der Waals surface area contributed by atoms with Gasteiger partial charge in [0.2, 0.25) is 5.88 Å². The van der Waals surface area contributed by atoms with Crippen LogP contribution < -0.4 is 4.74 Å². The first-order valence-corrected chi connectivity index (χ1v) is 5.97. The van der Waals surface area contributed by atoms with Crippen molar-refractivity contribution in [2.75, 3.05) is 0 Å². The van der Waals surface area contributed by atoms with Crippen molar-refractivity contribution in [1.82, 2.24) is 15.0 Å². The number of aromatic nitrogens is 3. The minimum Gasteiger partial charge on any atom is -0.471 e. The molecule has 0 amide bonds. The van der Waals surface area contributed by atoms with Gasteiger partial charge in [0.25, 0.3) is 0 Å². The number of aliphatic hydroxyl groups excluding tert-OH is 1. The third kappa shape index (κ3) is 2.28. The average Bonchev–Trinajstić information content (AvgIpc) is 2.90. The third-order valence-electron chi connectivity index (χ3n) is 2.90. The zero-order valence-electron chi connectivity index (χ0n) is 10.2. The lowest BCUT2D eigenvalue weighted by Gasteiger charge is -2.05. The molecule has 0 bridgehead atoms. The second kappa shape index (κ2) is 5.07. The normalized spacial score (nSPS) is 10.8. The molecule has 0 atom stereocenters. The number of fused-ring (bicyclic) bond motifs is 1. The van der Waals surface area contributed by atoms with Gasteiger partial charge in [-0.15, -0.1) is 0 Å². The van der Waals surface area contributed by atoms with Gasteiger partial charge in [-0.3, -0.25) is 0 Å². The van der Waals surface area contributed by atoms with Gasteiger partial charge >= 0.3 is 0 Å². The van der Waals surface area contributed by atoms with Crippen LogP contribution in [0.5, 0.6) is 5.88 Å². The van der Waals surface area contributed by atoms with Gasteiger partial charge in [-0.25, -0.2) is 4.98 Å². The Morgan fingerprint density at radius 1 is 1.16 bits per heavy atom. The maximum absolute atomic E-state index is 9.20. The first-order valence-electron chi connectivity index (χ1n) is 5.97. The van der Waals surface area contributed by atoms with Gasteiger partial charge in [0.1, 0.15) is 24.0 Å². The number of H-pyrrole nitrogens is 1. The number of hydrogen-bond acceptors (Lipinski definition) is 4. The van der Waals surface area contributed by atoms with Gasteiger partial charge in [0.15, 0.2) is 0 Å². The van der Waals surface area contributed by atoms with Crippen molar-refractivity contribution < 1.29 is 9.84 Å². The number of nitrogens with one attached hydrogen (secondary N) is 1. The number of aromatic amines is 1. The fraction of sp³-hybridized carbons (Fsp3) is 0.143. The Hall–Kier alpha value is -2.40. The van der Waals surface area contributed by atoms with Crippen LogP contribution in [0.3, 0.4) is 0 Å². The number of aliphatic hydroxyl groups is 1. The van der Waals surface area contributed by atoms with Crippen LogP contribution in [0.1, 0.15) is 11.1 Å². The topological polar surface area (TPSA) is 71.0 Å². The lowest BCUT2D eigenvalue weighted by molar-refractivity contribution is 0.283. The summed E-state index contributed by atoms with van der Waals surface area (Å²) >= 11 is 0. The summed E-state index contributed by atoms with van der Waals surface area (Å²) in [6, 6.07) is 9.88. The van der Waals surface area contributed by atoms with E-state index in [0.29, 0.717) is 23.5 Å². The summed E-state index contributed by atoms with van der Waals surface area (Å²) in [5.41, 5.74) is 3.22. The summed E-state index contributed by atoms with van der Waals surface area (Å²) in [5, 5.41) is 9.20. The van der Waals surface area contributed by atoms with E-state index >= 15 is 0 Å². The van der Waals surface area contributed by atoms with E-state index in [-0.39, 0.29) is 6.61 Å². The molecule has 0 saturated heterocycles. The molecule has 96 valence electrons. The fourth-order valence-corrected chi connectivity index (χ4v) is 1.93. The van der Waals surface area contributed by atoms with E-state index in [1.807, 2.05) is 30.3 Å². The van der Waals surface area contributed by atoms with E-state index in [0.717, 1.165) is 11.1 Å². The molecular weight excluding hydrogens is 242 g/mol. The van der Waals surface area contributed by atoms with E-state index in [1.165, 1.54) is 6.33 Å². The number of hydrogen-bond donors (Lipinski definition) is 2. The molecule has 0 spiro atoms. The van der Waals surface area contributed by atoms with Crippen LogP contribution in [0.4, 0.5) is 0 Å². The van der Waals surface area contributed by atoms with Crippen molar-refractivity contribution in [3.63, 3.8) is 0 Å². The predicted octanol–water partition coefficient (Wildman–Crippen LogP) is 2.03. The van der Waals surface area contributed by atoms with Crippen LogP contribution in [-0.4, -0.2) is 20.1 Å². The first kappa shape index (κ1) is 11.7. The molecule has 5 heteroatoms. The Balaban J connectivity index is 1.87. The van der Waals surface area contributed by atoms with Crippen molar-refractivity contribution in [3.05, 3.63) is 54.0 Å². The fourth-order valence-electron chi connectivity index (χ4n) is 1.93. The number of nitrogens with zero attached hydrogens (tertiary/aromatic N) is 2. The molecule has 0 aliphatic heterocycles. The minimum atomic E-state index is -0.0604. The van der Waals surface area contributed by atoms with Crippen LogP contribution >= 0.6 is 0 Å². The summed E-state index contributed by atoms with van der Waals surface area (Å²) < 4.78 is 5.70. The SMILES string of the molecule is OCc1c[nH]c2c(OCc3ccccc3)ncnc12. The number of ether oxygens (including phenoxy) is 1. The maximum Gasteiger partial charge on any atom is 0.241 e. The van der Waals surface area contributed by atoms with Crippen LogP contribution in [0.2, 0.25) is 0 Å². The van der Waals surface area contributed by atoms with Gasteiger partial charge in [0, 0.05) is 11.8 Å². The quantitative estimate of drug-likeness (QED) is 0.748. The largest absolute Gasteiger partial charge is 0.471 e. The minimum absolute atomic E-state index is 0.0604. The highest BCUT2D eigenvalue weighted by Gasteiger charge is 2.10. The van der Waals surface area contributed by atoms with E-state index in [9.17, 15) is 5.11 Å². The summed E-state index contributed by atoms with van der Waals surface area (Å²) in [6.45, 7) is 0.384. The Bertz CT molecular complexity index is 679. The molecule has 1 aromatic carbocycles. The molecule has 0 aliphatic rings. The molecule has 0 fully saturated rings. The average molecular weight is 255 g/mol. The summed E-state index contributed by atoms with van der Waals surface area (Å²) in [6.07, 6.45) is 3.16. The highest BCUT2D eigenvalue weighted by atomic mass is 16.5. The lowest BCUT2D eigenvalue weighted by atomic mass is 10.2. The zero-order valence-corrected chi connectivity index (χ0v) is 10.2. The summed E-state index contributed by atoms with van der Waals surface area (Å²) in [4.78, 5) is 11.3. The van der Waals surface area contributed by atoms with Crippen molar-refractivity contribution in [2.45, 2.75) is 13.2 Å². The molecular formula is C14H13N3O2. The summed E-state index contributed by atoms with van der Waals surface area (Å²) in [7, 11) is 0. The standard InChI is InChI=1S/C14H13N3O2/c18-7-11-6-15-13-12(11)16-9-17-14(13)19-8-10-4-2-1-3-5-10/h1-6,9,15,18H,7-8H2. The van der Waals surface area contributed by atoms with Crippen LogP contribution in [0.25, 0.3) is 11.0 Å². The Labute approximate surface area is 109 Å². The molecule has 2 heterocycles. The van der Waals surface area contributed by atoms with Gasteiger partial charge < -0.3 is 14.8 Å². The van der Waals surface area contributed by atoms with E-state index in [4.69, 9.17) is 4.74 Å². The lowest BCUT2D eigenvalue weighted by Crippen LogP contribution is -1.98. The van der Waals surface area contributed by atoms with E-state index in [2.05, 4.69) is 15.0 Å². The van der Waals surface area contributed by atoms with Crippen LogP contribution in [0, 0.1) is 0 Å². The number of benzene rings is 1. The molecule has 3 aromatic rings. The van der Waals surface area contributed by atoms with Crippen LogP contribution in [0.15, 0.2) is 42.9 Å². The van der Waals surface area contributed by atoms with Gasteiger partial charge in [0.05, 0.1) is 6.61 Å². The Kier molecular flexibility index (Phi) is 3.12. The molecule has 0 radical (unpaired) electrons. The molecule has 5 nitrogen and oxygen atoms in total. The second-order valence-corrected chi connectivity index (χ2v) is 4.15. The third-order valence-corrected chi connectivity index (χ3v) is 2.90. The first-order chi connectivity index (χ1) is 9.38. The molecule has 3 rings (SSSR count). The van der Waals surface area contributed by atoms with Crippen molar-refractivity contribution in [2.24, 2.45) is 0 Å². The van der Waals surface area contributed by atoms with Crippen molar-refractivity contribution in [3.8, 4) is 5.88 Å². The maximum atomic E-state index is 9.20. The molecule has 2 N–H and O–H groups in total. The predicted molar refractivity (Wildman–Crippen MR) is 70.6 cm³/mol. The van der Waals surface area contributed by atoms with Crippen LogP contribution in [-0.2, 0) is 13.2 Å². The Morgan fingerprint density at radius 2 is 2.00 bits per heavy atom. The molecule has 0 saturated carbocycles. The second-order valence-electron chi connectivity index (χ2n) is 4.15.